The molecule has 8 heteroatoms. The number of carbonyl (C=O) groups excluding carboxylic acids is 1. The first-order chi connectivity index (χ1) is 10.9. The maximum atomic E-state index is 12.4. The van der Waals surface area contributed by atoms with Crippen molar-refractivity contribution >= 4 is 15.9 Å². The molecule has 0 unspecified atom stereocenters. The van der Waals surface area contributed by atoms with Crippen molar-refractivity contribution < 1.29 is 22.7 Å². The number of amides is 1. The van der Waals surface area contributed by atoms with E-state index in [-0.39, 0.29) is 17.3 Å². The fourth-order valence-electron chi connectivity index (χ4n) is 1.82. The van der Waals surface area contributed by atoms with Crippen molar-refractivity contribution in [2.45, 2.75) is 18.2 Å². The molecule has 130 valence electrons. The maximum Gasteiger partial charge on any atom is 0.243 e. The summed E-state index contributed by atoms with van der Waals surface area (Å²) in [5.41, 5.74) is 0. The zero-order chi connectivity index (χ0) is 17.3. The van der Waals surface area contributed by atoms with E-state index in [1.807, 2.05) is 6.92 Å². The zero-order valence-electron chi connectivity index (χ0n) is 13.7. The molecule has 0 aromatic heterocycles. The Kier molecular flexibility index (Phi) is 8.01. The normalized spacial score (nSPS) is 11.5. The third-order valence-electron chi connectivity index (χ3n) is 3.13. The van der Waals surface area contributed by atoms with Crippen LogP contribution in [0.3, 0.4) is 0 Å². The first-order valence-corrected chi connectivity index (χ1v) is 8.80. The fourth-order valence-corrected chi connectivity index (χ4v) is 2.94. The lowest BCUT2D eigenvalue weighted by atomic mass is 10.3. The number of carbonyl (C=O) groups is 1. The van der Waals surface area contributed by atoms with E-state index in [0.717, 1.165) is 4.31 Å². The Morgan fingerprint density at radius 2 is 1.91 bits per heavy atom. The summed E-state index contributed by atoms with van der Waals surface area (Å²) in [6.07, 6.45) is 0.689. The molecule has 1 amide bonds. The molecule has 7 nitrogen and oxygen atoms in total. The van der Waals surface area contributed by atoms with Gasteiger partial charge in [0.05, 0.1) is 18.6 Å². The van der Waals surface area contributed by atoms with E-state index in [2.05, 4.69) is 5.32 Å². The van der Waals surface area contributed by atoms with Gasteiger partial charge in [-0.25, -0.2) is 8.42 Å². The lowest BCUT2D eigenvalue weighted by Gasteiger charge is -2.17. The zero-order valence-corrected chi connectivity index (χ0v) is 14.6. The van der Waals surface area contributed by atoms with E-state index in [0.29, 0.717) is 31.9 Å². The molecule has 0 radical (unpaired) electrons. The van der Waals surface area contributed by atoms with Gasteiger partial charge in [-0.3, -0.25) is 4.79 Å². The van der Waals surface area contributed by atoms with Gasteiger partial charge in [0.15, 0.2) is 0 Å². The minimum Gasteiger partial charge on any atom is -0.497 e. The highest BCUT2D eigenvalue weighted by molar-refractivity contribution is 7.89. The van der Waals surface area contributed by atoms with Crippen molar-refractivity contribution in [2.75, 3.05) is 40.5 Å². The van der Waals surface area contributed by atoms with Crippen LogP contribution in [0.25, 0.3) is 0 Å². The van der Waals surface area contributed by atoms with Crippen LogP contribution in [0, 0.1) is 0 Å². The second-order valence-electron chi connectivity index (χ2n) is 4.84. The highest BCUT2D eigenvalue weighted by atomic mass is 32.2. The molecule has 1 rings (SSSR count). The number of likely N-dealkylation sites (N-methyl/N-ethyl adjacent to an activating group) is 1. The number of hydrogen-bond acceptors (Lipinski definition) is 5. The number of nitrogens with zero attached hydrogens (tertiary/aromatic N) is 1. The van der Waals surface area contributed by atoms with Crippen LogP contribution in [0.2, 0.25) is 0 Å². The largest absolute Gasteiger partial charge is 0.497 e. The van der Waals surface area contributed by atoms with Gasteiger partial charge in [0.2, 0.25) is 15.9 Å². The minimum absolute atomic E-state index is 0.116. The SMILES string of the molecule is CCOCCCNC(=O)CN(C)S(=O)(=O)c1ccc(OC)cc1. The van der Waals surface area contributed by atoms with Crippen LogP contribution in [0.5, 0.6) is 5.75 Å². The molecule has 0 fully saturated rings. The highest BCUT2D eigenvalue weighted by Crippen LogP contribution is 2.18. The van der Waals surface area contributed by atoms with Crippen molar-refractivity contribution in [2.24, 2.45) is 0 Å². The highest BCUT2D eigenvalue weighted by Gasteiger charge is 2.22. The molecule has 0 saturated carbocycles. The lowest BCUT2D eigenvalue weighted by Crippen LogP contribution is -2.38. The second-order valence-corrected chi connectivity index (χ2v) is 6.88. The number of rotatable bonds is 10. The van der Waals surface area contributed by atoms with Crippen molar-refractivity contribution in [1.29, 1.82) is 0 Å². The van der Waals surface area contributed by atoms with E-state index >= 15 is 0 Å². The van der Waals surface area contributed by atoms with Gasteiger partial charge in [-0.05, 0) is 37.6 Å². The van der Waals surface area contributed by atoms with Gasteiger partial charge in [0, 0.05) is 26.8 Å². The number of nitrogens with one attached hydrogen (secondary N) is 1. The monoisotopic (exact) mass is 344 g/mol. The molecule has 1 aromatic rings. The van der Waals surface area contributed by atoms with Crippen LogP contribution in [-0.4, -0.2) is 59.1 Å². The number of benzene rings is 1. The number of hydrogen-bond donors (Lipinski definition) is 1. The van der Waals surface area contributed by atoms with Crippen LogP contribution < -0.4 is 10.1 Å². The topological polar surface area (TPSA) is 84.9 Å². The van der Waals surface area contributed by atoms with E-state index in [9.17, 15) is 13.2 Å². The molecule has 23 heavy (non-hydrogen) atoms. The summed E-state index contributed by atoms with van der Waals surface area (Å²) in [4.78, 5) is 11.9. The maximum absolute atomic E-state index is 12.4. The summed E-state index contributed by atoms with van der Waals surface area (Å²) >= 11 is 0. The van der Waals surface area contributed by atoms with E-state index < -0.39 is 10.0 Å². The average Bonchev–Trinajstić information content (AvgIpc) is 2.54. The third-order valence-corrected chi connectivity index (χ3v) is 4.94. The molecular formula is C15H24N2O5S. The Bertz CT molecular complexity index is 586. The smallest absolute Gasteiger partial charge is 0.243 e. The van der Waals surface area contributed by atoms with Gasteiger partial charge in [-0.1, -0.05) is 0 Å². The van der Waals surface area contributed by atoms with E-state index in [4.69, 9.17) is 9.47 Å². The third kappa shape index (κ3) is 6.17. The van der Waals surface area contributed by atoms with E-state index in [1.54, 1.807) is 12.1 Å². The van der Waals surface area contributed by atoms with Gasteiger partial charge in [0.1, 0.15) is 5.75 Å². The van der Waals surface area contributed by atoms with E-state index in [1.165, 1.54) is 26.3 Å². The van der Waals surface area contributed by atoms with Gasteiger partial charge >= 0.3 is 0 Å². The molecule has 0 atom stereocenters. The van der Waals surface area contributed by atoms with Crippen molar-refractivity contribution in [3.63, 3.8) is 0 Å². The van der Waals surface area contributed by atoms with Gasteiger partial charge < -0.3 is 14.8 Å². The molecule has 0 bridgehead atoms. The first-order valence-electron chi connectivity index (χ1n) is 7.36. The first kappa shape index (κ1) is 19.4. The predicted molar refractivity (Wildman–Crippen MR) is 86.9 cm³/mol. The second kappa shape index (κ2) is 9.49. The van der Waals surface area contributed by atoms with Crippen LogP contribution in [0.15, 0.2) is 29.2 Å². The van der Waals surface area contributed by atoms with Gasteiger partial charge in [-0.15, -0.1) is 0 Å². The number of ether oxygens (including phenoxy) is 2. The molecule has 0 spiro atoms. The lowest BCUT2D eigenvalue weighted by molar-refractivity contribution is -0.121. The van der Waals surface area contributed by atoms with Crippen molar-refractivity contribution in [1.82, 2.24) is 9.62 Å². The Morgan fingerprint density at radius 3 is 2.48 bits per heavy atom. The molecular weight excluding hydrogens is 320 g/mol. The summed E-state index contributed by atoms with van der Waals surface area (Å²) in [5.74, 6) is 0.222. The number of sulfonamides is 1. The summed E-state index contributed by atoms with van der Waals surface area (Å²) in [7, 11) is -0.826. The predicted octanol–water partition coefficient (Wildman–Crippen LogP) is 0.859. The summed E-state index contributed by atoms with van der Waals surface area (Å²) in [5, 5.41) is 2.67. The Hall–Kier alpha value is -1.64. The molecule has 0 heterocycles. The van der Waals surface area contributed by atoms with Crippen molar-refractivity contribution in [3.05, 3.63) is 24.3 Å². The molecule has 0 aliphatic rings. The van der Waals surface area contributed by atoms with Crippen LogP contribution >= 0.6 is 0 Å². The Morgan fingerprint density at radius 1 is 1.26 bits per heavy atom. The molecule has 1 aromatic carbocycles. The Labute approximate surface area is 137 Å². The van der Waals surface area contributed by atoms with Crippen LogP contribution in [0.4, 0.5) is 0 Å². The average molecular weight is 344 g/mol. The van der Waals surface area contributed by atoms with Gasteiger partial charge in [0.25, 0.3) is 0 Å². The minimum atomic E-state index is -3.71. The Balaban J connectivity index is 2.54. The molecule has 0 aliphatic carbocycles. The molecule has 1 N–H and O–H groups in total. The number of methoxy groups -OCH3 is 1. The molecule has 0 saturated heterocycles. The van der Waals surface area contributed by atoms with Crippen LogP contribution in [0.1, 0.15) is 13.3 Å². The summed E-state index contributed by atoms with van der Waals surface area (Å²) in [6, 6.07) is 6.03. The summed E-state index contributed by atoms with van der Waals surface area (Å²) < 4.78 is 35.9. The summed E-state index contributed by atoms with van der Waals surface area (Å²) in [6.45, 7) is 3.32. The quantitative estimate of drug-likeness (QED) is 0.636. The van der Waals surface area contributed by atoms with Gasteiger partial charge in [-0.2, -0.15) is 4.31 Å². The standard InChI is InChI=1S/C15H24N2O5S/c1-4-22-11-5-10-16-15(18)12-17(2)23(19,20)14-8-6-13(21-3)7-9-14/h6-9H,4-5,10-12H2,1-3H3,(H,16,18). The molecule has 0 aliphatic heterocycles. The van der Waals surface area contributed by atoms with Crippen molar-refractivity contribution in [3.8, 4) is 5.75 Å². The van der Waals surface area contributed by atoms with Crippen LogP contribution in [-0.2, 0) is 19.6 Å². The fraction of sp³-hybridized carbons (Fsp3) is 0.533.